The SMILES string of the molecule is N#Cc1ccc(Cn2c(CCl)nc3ccc(Cl)cc32)cc1. The van der Waals surface area contributed by atoms with Crippen molar-refractivity contribution in [3.8, 4) is 6.07 Å². The lowest BCUT2D eigenvalue weighted by molar-refractivity contribution is 0.778. The second-order valence-corrected chi connectivity index (χ2v) is 5.39. The molecule has 5 heteroatoms. The molecule has 0 aliphatic carbocycles. The molecule has 1 heterocycles. The standard InChI is InChI=1S/C16H11Cl2N3/c17-8-16-20-14-6-5-13(18)7-15(14)21(16)10-12-3-1-11(9-19)2-4-12/h1-7H,8,10H2. The molecule has 104 valence electrons. The molecule has 1 aromatic heterocycles. The number of alkyl halides is 1. The Kier molecular flexibility index (Phi) is 3.83. The van der Waals surface area contributed by atoms with Gasteiger partial charge in [-0.15, -0.1) is 11.6 Å². The highest BCUT2D eigenvalue weighted by Gasteiger charge is 2.11. The van der Waals surface area contributed by atoms with Gasteiger partial charge in [-0.2, -0.15) is 5.26 Å². The van der Waals surface area contributed by atoms with E-state index in [0.29, 0.717) is 23.0 Å². The number of rotatable bonds is 3. The lowest BCUT2D eigenvalue weighted by Gasteiger charge is -2.08. The molecule has 0 unspecified atom stereocenters. The number of imidazole rings is 1. The number of halogens is 2. The number of nitrogens with zero attached hydrogens (tertiary/aromatic N) is 3. The Morgan fingerprint density at radius 3 is 2.57 bits per heavy atom. The van der Waals surface area contributed by atoms with Crippen LogP contribution in [0.3, 0.4) is 0 Å². The number of fused-ring (bicyclic) bond motifs is 1. The van der Waals surface area contributed by atoms with Crippen molar-refractivity contribution < 1.29 is 0 Å². The van der Waals surface area contributed by atoms with Crippen LogP contribution in [0.1, 0.15) is 17.0 Å². The normalized spacial score (nSPS) is 10.7. The van der Waals surface area contributed by atoms with Crippen LogP contribution >= 0.6 is 23.2 Å². The van der Waals surface area contributed by atoms with Gasteiger partial charge in [0.15, 0.2) is 0 Å². The lowest BCUT2D eigenvalue weighted by Crippen LogP contribution is -2.03. The van der Waals surface area contributed by atoms with Crippen LogP contribution in [-0.2, 0) is 12.4 Å². The maximum absolute atomic E-state index is 8.84. The number of hydrogen-bond donors (Lipinski definition) is 0. The van der Waals surface area contributed by atoms with Gasteiger partial charge in [0.1, 0.15) is 5.82 Å². The van der Waals surface area contributed by atoms with E-state index in [4.69, 9.17) is 28.5 Å². The van der Waals surface area contributed by atoms with Gasteiger partial charge >= 0.3 is 0 Å². The maximum atomic E-state index is 8.84. The van der Waals surface area contributed by atoms with Crippen molar-refractivity contribution in [3.63, 3.8) is 0 Å². The van der Waals surface area contributed by atoms with E-state index in [1.807, 2.05) is 42.5 Å². The predicted octanol–water partition coefficient (Wildman–Crippen LogP) is 4.35. The average molecular weight is 316 g/mol. The minimum atomic E-state index is 0.336. The fourth-order valence-corrected chi connectivity index (χ4v) is 2.66. The van der Waals surface area contributed by atoms with Gasteiger partial charge in [0, 0.05) is 11.6 Å². The second-order valence-electron chi connectivity index (χ2n) is 4.69. The third-order valence-corrected chi connectivity index (χ3v) is 3.81. The van der Waals surface area contributed by atoms with Gasteiger partial charge < -0.3 is 4.57 Å². The van der Waals surface area contributed by atoms with Gasteiger partial charge in [0.05, 0.1) is 28.5 Å². The first kappa shape index (κ1) is 13.9. The van der Waals surface area contributed by atoms with Crippen LogP contribution in [0.2, 0.25) is 5.02 Å². The van der Waals surface area contributed by atoms with Crippen LogP contribution in [0.5, 0.6) is 0 Å². The minimum Gasteiger partial charge on any atom is -0.322 e. The number of hydrogen-bond acceptors (Lipinski definition) is 2. The molecule has 2 aromatic carbocycles. The van der Waals surface area contributed by atoms with E-state index in [-0.39, 0.29) is 0 Å². The van der Waals surface area contributed by atoms with E-state index < -0.39 is 0 Å². The van der Waals surface area contributed by atoms with Gasteiger partial charge in [-0.1, -0.05) is 23.7 Å². The molecule has 3 rings (SSSR count). The molecular weight excluding hydrogens is 305 g/mol. The Labute approximate surface area is 132 Å². The van der Waals surface area contributed by atoms with Gasteiger partial charge in [-0.05, 0) is 35.9 Å². The quantitative estimate of drug-likeness (QED) is 0.674. The third-order valence-electron chi connectivity index (χ3n) is 3.33. The molecule has 21 heavy (non-hydrogen) atoms. The summed E-state index contributed by atoms with van der Waals surface area (Å²) in [5, 5.41) is 9.51. The molecular formula is C16H11Cl2N3. The van der Waals surface area contributed by atoms with Gasteiger partial charge in [-0.3, -0.25) is 0 Å². The van der Waals surface area contributed by atoms with E-state index in [1.54, 1.807) is 0 Å². The van der Waals surface area contributed by atoms with E-state index >= 15 is 0 Å². The van der Waals surface area contributed by atoms with E-state index in [9.17, 15) is 0 Å². The number of benzene rings is 2. The monoisotopic (exact) mass is 315 g/mol. The number of aromatic nitrogens is 2. The summed E-state index contributed by atoms with van der Waals surface area (Å²) in [7, 11) is 0. The molecule has 0 bridgehead atoms. The summed E-state index contributed by atoms with van der Waals surface area (Å²) in [5.41, 5.74) is 3.57. The topological polar surface area (TPSA) is 41.6 Å². The average Bonchev–Trinajstić information content (AvgIpc) is 2.85. The van der Waals surface area contributed by atoms with Crippen molar-refractivity contribution in [2.45, 2.75) is 12.4 Å². The highest BCUT2D eigenvalue weighted by Crippen LogP contribution is 2.23. The first-order chi connectivity index (χ1) is 10.2. The Balaban J connectivity index is 2.05. The van der Waals surface area contributed by atoms with Crippen LogP contribution in [0.15, 0.2) is 42.5 Å². The van der Waals surface area contributed by atoms with Crippen molar-refractivity contribution in [2.75, 3.05) is 0 Å². The van der Waals surface area contributed by atoms with Crippen molar-refractivity contribution in [1.82, 2.24) is 9.55 Å². The first-order valence-corrected chi connectivity index (χ1v) is 7.32. The minimum absolute atomic E-state index is 0.336. The smallest absolute Gasteiger partial charge is 0.125 e. The molecule has 0 saturated carbocycles. The Morgan fingerprint density at radius 2 is 1.90 bits per heavy atom. The lowest BCUT2D eigenvalue weighted by atomic mass is 10.1. The molecule has 0 aliphatic heterocycles. The largest absolute Gasteiger partial charge is 0.322 e. The zero-order valence-electron chi connectivity index (χ0n) is 11.1. The fourth-order valence-electron chi connectivity index (χ4n) is 2.29. The zero-order valence-corrected chi connectivity index (χ0v) is 12.6. The van der Waals surface area contributed by atoms with Crippen LogP contribution < -0.4 is 0 Å². The summed E-state index contributed by atoms with van der Waals surface area (Å²) in [6.45, 7) is 0.643. The fraction of sp³-hybridized carbons (Fsp3) is 0.125. The summed E-state index contributed by atoms with van der Waals surface area (Å²) < 4.78 is 2.05. The molecule has 0 spiro atoms. The van der Waals surface area contributed by atoms with Gasteiger partial charge in [0.25, 0.3) is 0 Å². The summed E-state index contributed by atoms with van der Waals surface area (Å²) in [5.74, 6) is 1.14. The van der Waals surface area contributed by atoms with Crippen molar-refractivity contribution in [2.24, 2.45) is 0 Å². The molecule has 0 fully saturated rings. The van der Waals surface area contributed by atoms with E-state index in [2.05, 4.69) is 15.6 Å². The van der Waals surface area contributed by atoms with Crippen LogP contribution in [-0.4, -0.2) is 9.55 Å². The molecule has 0 saturated heterocycles. The maximum Gasteiger partial charge on any atom is 0.125 e. The second kappa shape index (κ2) is 5.77. The zero-order chi connectivity index (χ0) is 14.8. The Morgan fingerprint density at radius 1 is 1.14 bits per heavy atom. The van der Waals surface area contributed by atoms with Crippen LogP contribution in [0, 0.1) is 11.3 Å². The third kappa shape index (κ3) is 2.73. The molecule has 0 radical (unpaired) electrons. The number of nitriles is 1. The summed E-state index contributed by atoms with van der Waals surface area (Å²) >= 11 is 12.1. The summed E-state index contributed by atoms with van der Waals surface area (Å²) in [4.78, 5) is 4.52. The highest BCUT2D eigenvalue weighted by atomic mass is 35.5. The Bertz CT molecular complexity index is 829. The molecule has 0 aliphatic rings. The van der Waals surface area contributed by atoms with Crippen LogP contribution in [0.4, 0.5) is 0 Å². The predicted molar refractivity (Wildman–Crippen MR) is 84.6 cm³/mol. The van der Waals surface area contributed by atoms with Gasteiger partial charge in [-0.25, -0.2) is 4.98 Å². The van der Waals surface area contributed by atoms with E-state index in [1.165, 1.54) is 0 Å². The molecule has 3 aromatic rings. The molecule has 0 N–H and O–H groups in total. The molecule has 0 atom stereocenters. The molecule has 3 nitrogen and oxygen atoms in total. The van der Waals surface area contributed by atoms with Crippen LogP contribution in [0.25, 0.3) is 11.0 Å². The van der Waals surface area contributed by atoms with Gasteiger partial charge in [0.2, 0.25) is 0 Å². The summed E-state index contributed by atoms with van der Waals surface area (Å²) in [6, 6.07) is 15.2. The highest BCUT2D eigenvalue weighted by molar-refractivity contribution is 6.31. The summed E-state index contributed by atoms with van der Waals surface area (Å²) in [6.07, 6.45) is 0. The first-order valence-electron chi connectivity index (χ1n) is 6.41. The van der Waals surface area contributed by atoms with Crippen molar-refractivity contribution in [3.05, 3.63) is 64.4 Å². The van der Waals surface area contributed by atoms with E-state index in [0.717, 1.165) is 22.4 Å². The van der Waals surface area contributed by atoms with Crippen molar-refractivity contribution in [1.29, 1.82) is 5.26 Å². The molecule has 0 amide bonds. The Hall–Kier alpha value is -2.02. The van der Waals surface area contributed by atoms with Crippen molar-refractivity contribution >= 4 is 34.2 Å².